The highest BCUT2D eigenvalue weighted by atomic mass is 32.2. The number of Topliss-reactive ketones (excluding diaryl/α,β-unsaturated/α-hetero) is 1. The molecule has 2 aromatic carbocycles. The van der Waals surface area contributed by atoms with Crippen LogP contribution < -0.4 is 5.32 Å². The maximum atomic E-state index is 12.6. The summed E-state index contributed by atoms with van der Waals surface area (Å²) in [5, 5.41) is 2.82. The topological polar surface area (TPSA) is 66.5 Å². The van der Waals surface area contributed by atoms with E-state index in [4.69, 9.17) is 0 Å². The van der Waals surface area contributed by atoms with Crippen LogP contribution in [-0.4, -0.2) is 40.2 Å². The number of rotatable bonds is 4. The minimum atomic E-state index is -0.529. The number of hydrogen-bond acceptors (Lipinski definition) is 4. The predicted molar refractivity (Wildman–Crippen MR) is 98.8 cm³/mol. The lowest BCUT2D eigenvalue weighted by molar-refractivity contribution is -0.119. The molecular weight excluding hydrogens is 336 g/mol. The summed E-state index contributed by atoms with van der Waals surface area (Å²) in [6, 6.07) is 15.2. The molecule has 1 saturated heterocycles. The van der Waals surface area contributed by atoms with E-state index in [2.05, 4.69) is 5.32 Å². The van der Waals surface area contributed by atoms with Crippen molar-refractivity contribution in [3.8, 4) is 0 Å². The van der Waals surface area contributed by atoms with Crippen LogP contribution in [0.1, 0.15) is 27.6 Å². The molecule has 0 unspecified atom stereocenters. The Morgan fingerprint density at radius 1 is 1.04 bits per heavy atom. The molecule has 0 bridgehead atoms. The van der Waals surface area contributed by atoms with Crippen molar-refractivity contribution in [2.24, 2.45) is 0 Å². The van der Waals surface area contributed by atoms with E-state index in [1.807, 2.05) is 6.07 Å². The number of anilines is 1. The molecule has 6 heteroatoms. The Bertz CT molecular complexity index is 807. The molecule has 128 valence electrons. The van der Waals surface area contributed by atoms with Gasteiger partial charge in [0.15, 0.2) is 5.78 Å². The van der Waals surface area contributed by atoms with E-state index >= 15 is 0 Å². The first-order valence-corrected chi connectivity index (χ1v) is 9.07. The number of ketones is 1. The average molecular weight is 354 g/mol. The molecule has 0 aromatic heterocycles. The minimum absolute atomic E-state index is 0.0617. The lowest BCUT2D eigenvalue weighted by Gasteiger charge is -2.23. The van der Waals surface area contributed by atoms with Crippen molar-refractivity contribution < 1.29 is 14.4 Å². The first-order chi connectivity index (χ1) is 12.1. The van der Waals surface area contributed by atoms with Gasteiger partial charge in [0.05, 0.1) is 5.88 Å². The molecule has 1 heterocycles. The van der Waals surface area contributed by atoms with Gasteiger partial charge < -0.3 is 10.2 Å². The minimum Gasteiger partial charge on any atom is -0.324 e. The Morgan fingerprint density at radius 3 is 2.48 bits per heavy atom. The predicted octanol–water partition coefficient (Wildman–Crippen LogP) is 3.04. The lowest BCUT2D eigenvalue weighted by atomic mass is 10.1. The molecule has 2 aromatic rings. The maximum absolute atomic E-state index is 12.6. The zero-order valence-corrected chi connectivity index (χ0v) is 14.6. The van der Waals surface area contributed by atoms with E-state index in [1.165, 1.54) is 6.92 Å². The number of benzene rings is 2. The third-order valence-corrected chi connectivity index (χ3v) is 5.02. The number of nitrogens with one attached hydrogen (secondary N) is 1. The van der Waals surface area contributed by atoms with E-state index in [0.29, 0.717) is 28.4 Å². The van der Waals surface area contributed by atoms with Gasteiger partial charge in [-0.05, 0) is 31.2 Å². The fourth-order valence-electron chi connectivity index (χ4n) is 2.65. The molecule has 1 aliphatic rings. The Balaban J connectivity index is 1.74. The van der Waals surface area contributed by atoms with Crippen LogP contribution in [0.15, 0.2) is 54.6 Å². The molecule has 25 heavy (non-hydrogen) atoms. The molecule has 2 amide bonds. The van der Waals surface area contributed by atoms with E-state index < -0.39 is 6.04 Å². The van der Waals surface area contributed by atoms with Crippen molar-refractivity contribution in [3.63, 3.8) is 0 Å². The maximum Gasteiger partial charge on any atom is 0.255 e. The fourth-order valence-corrected chi connectivity index (χ4v) is 3.80. The molecule has 1 atom stereocenters. The Kier molecular flexibility index (Phi) is 5.19. The Morgan fingerprint density at radius 2 is 1.76 bits per heavy atom. The van der Waals surface area contributed by atoms with Gasteiger partial charge in [-0.25, -0.2) is 0 Å². The van der Waals surface area contributed by atoms with Crippen LogP contribution in [0.5, 0.6) is 0 Å². The van der Waals surface area contributed by atoms with E-state index in [9.17, 15) is 14.4 Å². The summed E-state index contributed by atoms with van der Waals surface area (Å²) in [6.07, 6.45) is 0. The van der Waals surface area contributed by atoms with Crippen LogP contribution in [0.4, 0.5) is 5.69 Å². The summed E-state index contributed by atoms with van der Waals surface area (Å²) in [4.78, 5) is 38.3. The van der Waals surface area contributed by atoms with Gasteiger partial charge in [0, 0.05) is 22.6 Å². The standard InChI is InChI=1S/C19H18N2O3S/c1-13(22)15-8-5-9-16(10-15)20-18(23)17-11-25-12-21(17)19(24)14-6-3-2-4-7-14/h2-10,17H,11-12H2,1H3,(H,20,23)/t17-/m0/s1. The molecule has 1 N–H and O–H groups in total. The monoisotopic (exact) mass is 354 g/mol. The number of thioether (sulfide) groups is 1. The van der Waals surface area contributed by atoms with Crippen LogP contribution in [0.2, 0.25) is 0 Å². The largest absolute Gasteiger partial charge is 0.324 e. The quantitative estimate of drug-likeness (QED) is 0.857. The highest BCUT2D eigenvalue weighted by molar-refractivity contribution is 7.99. The number of nitrogens with zero attached hydrogens (tertiary/aromatic N) is 1. The van der Waals surface area contributed by atoms with Crippen molar-refractivity contribution in [2.75, 3.05) is 16.9 Å². The molecule has 5 nitrogen and oxygen atoms in total. The van der Waals surface area contributed by atoms with Crippen molar-refractivity contribution in [3.05, 3.63) is 65.7 Å². The first-order valence-electron chi connectivity index (χ1n) is 7.92. The van der Waals surface area contributed by atoms with Crippen molar-refractivity contribution in [2.45, 2.75) is 13.0 Å². The summed E-state index contributed by atoms with van der Waals surface area (Å²) < 4.78 is 0. The van der Waals surface area contributed by atoms with Crippen molar-refractivity contribution in [1.82, 2.24) is 4.90 Å². The molecule has 0 saturated carbocycles. The molecular formula is C19H18N2O3S. The second kappa shape index (κ2) is 7.53. The van der Waals surface area contributed by atoms with Gasteiger partial charge in [0.25, 0.3) is 5.91 Å². The van der Waals surface area contributed by atoms with Crippen LogP contribution in [-0.2, 0) is 4.79 Å². The molecule has 1 fully saturated rings. The second-order valence-electron chi connectivity index (χ2n) is 5.78. The Labute approximate surface area is 150 Å². The highest BCUT2D eigenvalue weighted by Crippen LogP contribution is 2.24. The second-order valence-corrected chi connectivity index (χ2v) is 6.78. The van der Waals surface area contributed by atoms with Gasteiger partial charge in [-0.15, -0.1) is 11.8 Å². The van der Waals surface area contributed by atoms with Gasteiger partial charge in [0.2, 0.25) is 5.91 Å². The molecule has 3 rings (SSSR count). The molecule has 1 aliphatic heterocycles. The zero-order valence-electron chi connectivity index (χ0n) is 13.8. The van der Waals surface area contributed by atoms with E-state index in [-0.39, 0.29) is 17.6 Å². The van der Waals surface area contributed by atoms with Crippen LogP contribution in [0, 0.1) is 0 Å². The molecule has 0 aliphatic carbocycles. The van der Waals surface area contributed by atoms with Crippen LogP contribution >= 0.6 is 11.8 Å². The summed E-state index contributed by atoms with van der Waals surface area (Å²) in [5.74, 6) is 0.586. The average Bonchev–Trinajstić information content (AvgIpc) is 3.12. The molecule has 0 spiro atoms. The first kappa shape index (κ1) is 17.2. The van der Waals surface area contributed by atoms with Gasteiger partial charge in [-0.2, -0.15) is 0 Å². The van der Waals surface area contributed by atoms with Gasteiger partial charge in [0.1, 0.15) is 6.04 Å². The van der Waals surface area contributed by atoms with Crippen molar-refractivity contribution in [1.29, 1.82) is 0 Å². The number of amides is 2. The van der Waals surface area contributed by atoms with Crippen molar-refractivity contribution >= 4 is 35.0 Å². The SMILES string of the molecule is CC(=O)c1cccc(NC(=O)[C@@H]2CSCN2C(=O)c2ccccc2)c1. The van der Waals surface area contributed by atoms with Gasteiger partial charge >= 0.3 is 0 Å². The van der Waals surface area contributed by atoms with Crippen LogP contribution in [0.25, 0.3) is 0 Å². The van der Waals surface area contributed by atoms with E-state index in [1.54, 1.807) is 65.2 Å². The normalized spacial score (nSPS) is 16.5. The lowest BCUT2D eigenvalue weighted by Crippen LogP contribution is -2.44. The fraction of sp³-hybridized carbons (Fsp3) is 0.211. The van der Waals surface area contributed by atoms with E-state index in [0.717, 1.165) is 0 Å². The van der Waals surface area contributed by atoms with Gasteiger partial charge in [-0.3, -0.25) is 14.4 Å². The number of carbonyl (C=O) groups is 3. The third-order valence-electron chi connectivity index (χ3n) is 4.00. The summed E-state index contributed by atoms with van der Waals surface area (Å²) >= 11 is 1.55. The highest BCUT2D eigenvalue weighted by Gasteiger charge is 2.35. The summed E-state index contributed by atoms with van der Waals surface area (Å²) in [6.45, 7) is 1.48. The van der Waals surface area contributed by atoms with Gasteiger partial charge in [-0.1, -0.05) is 30.3 Å². The molecule has 0 radical (unpaired) electrons. The third kappa shape index (κ3) is 3.91. The summed E-state index contributed by atoms with van der Waals surface area (Å²) in [5.41, 5.74) is 1.67. The zero-order chi connectivity index (χ0) is 17.8. The van der Waals surface area contributed by atoms with Crippen LogP contribution in [0.3, 0.4) is 0 Å². The smallest absolute Gasteiger partial charge is 0.255 e. The Hall–Kier alpha value is -2.60. The number of carbonyl (C=O) groups excluding carboxylic acids is 3. The number of hydrogen-bond donors (Lipinski definition) is 1. The summed E-state index contributed by atoms with van der Waals surface area (Å²) in [7, 11) is 0.